The van der Waals surface area contributed by atoms with E-state index in [1.165, 1.54) is 0 Å². The first-order valence-electron chi connectivity index (χ1n) is 33.2. The molecule has 11 aromatic heterocycles. The molecule has 0 saturated carbocycles. The molecule has 24 heteroatoms. The second kappa shape index (κ2) is 26.2. The zero-order valence-corrected chi connectivity index (χ0v) is 57.6. The number of aryl methyl sites for hydroxylation is 8. The highest BCUT2D eigenvalue weighted by molar-refractivity contribution is 6.08. The van der Waals surface area contributed by atoms with Crippen molar-refractivity contribution in [1.29, 1.82) is 0 Å². The molecule has 0 aliphatic carbocycles. The van der Waals surface area contributed by atoms with E-state index in [-0.39, 0.29) is 23.3 Å². The average molecular weight is 1380 g/mol. The quantitative estimate of drug-likeness (QED) is 0.0862. The molecule has 2 aliphatic heterocycles. The fourth-order valence-electron chi connectivity index (χ4n) is 12.4. The molecule has 2 aliphatic rings. The Hall–Kier alpha value is -14.2. The monoisotopic (exact) mass is 1380 g/mol. The lowest BCUT2D eigenvalue weighted by molar-refractivity contribution is -0.671. The van der Waals surface area contributed by atoms with Gasteiger partial charge in [-0.25, -0.2) is 66.4 Å². The second-order valence-electron chi connectivity index (χ2n) is 25.4. The minimum Gasteiger partial charge on any atom is -0.447 e. The molecule has 15 aromatic rings. The fraction of sp³-hybridized carbons (Fsp3) is 0.100. The molecule has 4 aromatic carbocycles. The Balaban J connectivity index is 0.995. The molecule has 0 unspecified atom stereocenters. The summed E-state index contributed by atoms with van der Waals surface area (Å²) >= 11 is 0. The molecule has 104 heavy (non-hydrogen) atoms. The Kier molecular flexibility index (Phi) is 15.9. The lowest BCUT2D eigenvalue weighted by Crippen LogP contribution is -2.26. The summed E-state index contributed by atoms with van der Waals surface area (Å²) in [5, 5.41) is 2.35. The van der Waals surface area contributed by atoms with E-state index in [9.17, 15) is 0 Å². The number of ether oxygens (including phenoxy) is 8. The number of hydrogen-bond donors (Lipinski definition) is 2. The smallest absolute Gasteiger partial charge is 0.211 e. The van der Waals surface area contributed by atoms with Crippen LogP contribution in [0, 0.1) is 0 Å². The van der Waals surface area contributed by atoms with Crippen LogP contribution >= 0.6 is 0 Å². The summed E-state index contributed by atoms with van der Waals surface area (Å²) in [4.78, 5) is 40.4. The van der Waals surface area contributed by atoms with Crippen molar-refractivity contribution in [2.45, 2.75) is 0 Å². The van der Waals surface area contributed by atoms with E-state index in [2.05, 4.69) is 9.97 Å². The Morgan fingerprint density at radius 1 is 0.221 bits per heavy atom. The molecular weight excluding hydrogens is 1310 g/mol. The maximum Gasteiger partial charge on any atom is 0.211 e. The van der Waals surface area contributed by atoms with Crippen LogP contribution in [0.25, 0.3) is 89.7 Å². The average Bonchev–Trinajstić information content (AvgIpc) is 1.59. The van der Waals surface area contributed by atoms with Gasteiger partial charge in [-0.3, -0.25) is 0 Å². The van der Waals surface area contributed by atoms with Crippen molar-refractivity contribution in [3.63, 3.8) is 0 Å². The van der Waals surface area contributed by atoms with E-state index in [4.69, 9.17) is 67.8 Å². The number of aromatic amines is 2. The largest absolute Gasteiger partial charge is 0.447 e. The summed E-state index contributed by atoms with van der Waals surface area (Å²) < 4.78 is 70.2. The van der Waals surface area contributed by atoms with Crippen molar-refractivity contribution in [2.75, 3.05) is 0 Å². The van der Waals surface area contributed by atoms with E-state index < -0.39 is 0 Å². The van der Waals surface area contributed by atoms with Gasteiger partial charge in [-0.05, 0) is 97.1 Å². The van der Waals surface area contributed by atoms with E-state index in [0.29, 0.717) is 158 Å². The van der Waals surface area contributed by atoms with Crippen LogP contribution in [0.3, 0.4) is 0 Å². The molecule has 17 rings (SSSR count). The van der Waals surface area contributed by atoms with E-state index in [0.717, 1.165) is 0 Å². The van der Waals surface area contributed by atoms with Gasteiger partial charge in [0.05, 0.1) is 0 Å². The first kappa shape index (κ1) is 63.3. The number of nitrogens with one attached hydrogen (secondary N) is 2. The van der Waals surface area contributed by atoms with Gasteiger partial charge in [0.25, 0.3) is 0 Å². The number of pyridine rings is 8. The van der Waals surface area contributed by atoms with Gasteiger partial charge in [0.2, 0.25) is 49.6 Å². The molecule has 0 saturated heterocycles. The highest BCUT2D eigenvalue weighted by Crippen LogP contribution is 2.49. The highest BCUT2D eigenvalue weighted by Gasteiger charge is 2.30. The Labute approximate surface area is 594 Å². The van der Waals surface area contributed by atoms with E-state index in [1.807, 2.05) is 338 Å². The van der Waals surface area contributed by atoms with E-state index in [1.54, 1.807) is 0 Å². The van der Waals surface area contributed by atoms with E-state index >= 15 is 0 Å². The SMILES string of the molecule is C[n+]1cccc(Oc2cc3c(cc2Oc2ccc[n+](C)c2)-c2nc-3nc3[nH]c(nc4nc(nc5[nH]c(n2)c2cc(Oc6ccc[n+](C)c6)c(Oc6ccc[n+](C)c6)cc52)-c2cc(Oc5ccc[n+](C)c5)c(Oc5ccc[n+](C)c5)cc2-4)c2cc(Oc4ccc[n+](C)c4)c(Oc4ccc[n+](C)c4)cc32)c1. The van der Waals surface area contributed by atoms with Crippen molar-refractivity contribution < 1.29 is 74.4 Å². The van der Waals surface area contributed by atoms with Crippen molar-refractivity contribution in [2.24, 2.45) is 56.4 Å². The Morgan fingerprint density at radius 3 is 0.548 bits per heavy atom. The summed E-state index contributed by atoms with van der Waals surface area (Å²) in [6.07, 6.45) is 30.5. The van der Waals surface area contributed by atoms with Crippen molar-refractivity contribution in [3.8, 4) is 138 Å². The van der Waals surface area contributed by atoms with Gasteiger partial charge in [0.1, 0.15) is 79.0 Å². The summed E-state index contributed by atoms with van der Waals surface area (Å²) in [7, 11) is 15.4. The molecule has 0 amide bonds. The zero-order valence-electron chi connectivity index (χ0n) is 57.6. The number of hydrogen-bond acceptors (Lipinski definition) is 14. The predicted molar refractivity (Wildman–Crippen MR) is 378 cm³/mol. The van der Waals surface area contributed by atoms with Crippen LogP contribution in [0.2, 0.25) is 0 Å². The van der Waals surface area contributed by atoms with Gasteiger partial charge in [0, 0.05) is 92.3 Å². The Morgan fingerprint density at radius 2 is 0.385 bits per heavy atom. The normalized spacial score (nSPS) is 11.5. The van der Waals surface area contributed by atoms with Gasteiger partial charge in [0.15, 0.2) is 165 Å². The molecule has 24 nitrogen and oxygen atoms in total. The summed E-state index contributed by atoms with van der Waals surface area (Å²) in [5.41, 5.74) is 3.64. The topological polar surface area (TPSA) is 214 Å². The molecule has 0 fully saturated rings. The van der Waals surface area contributed by atoms with Crippen LogP contribution in [0.1, 0.15) is 0 Å². The first-order chi connectivity index (χ1) is 50.6. The summed E-state index contributed by atoms with van der Waals surface area (Å²) in [6, 6.07) is 45.4. The van der Waals surface area contributed by atoms with Crippen LogP contribution in [0.4, 0.5) is 0 Å². The van der Waals surface area contributed by atoms with Crippen molar-refractivity contribution >= 4 is 44.1 Å². The number of aromatic nitrogens is 16. The lowest BCUT2D eigenvalue weighted by Gasteiger charge is -2.13. The molecule has 0 atom stereocenters. The lowest BCUT2D eigenvalue weighted by atomic mass is 10.1. The number of H-pyrrole nitrogens is 2. The standard InChI is InChI=1S/C80H66N16O8/c1-89-25-9-17-49(41-89)97-65-33-57-58(34-66(65)98-50-18-10-26-90(2)42-50)74-81-73(57)85-75-59-35-67(99-51-19-11-27-91(3)43-51)68(100-52-20-12-28-92(4)44-52)36-60(59)77(82-75)87-79-63-39-71(103-55-23-15-31-95(7)47-55)72(104-56-24-16-32-96(8)48-56)40-64(63)80(84-79)88-78-62-38-70(102-54-22-14-30-94(6)46-54)69(37-61(62)76(83-78)86-74)101-53-21-13-29-93(5)45-53/h9-48H,1-8H3,(H2,81,82,83,84,85,86,87,88)/q+8. The van der Waals surface area contributed by atoms with Gasteiger partial charge in [-0.1, -0.05) is 0 Å². The molecular formula is C80H66N16O8+8. The Bertz CT molecular complexity index is 5450. The molecule has 8 bridgehead atoms. The number of rotatable bonds is 16. The third-order valence-electron chi connectivity index (χ3n) is 17.2. The number of nitrogens with zero attached hydrogens (tertiary/aromatic N) is 14. The summed E-state index contributed by atoms with van der Waals surface area (Å²) in [5.74, 6) is 8.44. The minimum atomic E-state index is 0.264. The third-order valence-corrected chi connectivity index (χ3v) is 17.2. The van der Waals surface area contributed by atoms with Crippen LogP contribution in [-0.4, -0.2) is 39.9 Å². The third kappa shape index (κ3) is 13.0. The maximum absolute atomic E-state index is 6.86. The van der Waals surface area contributed by atoms with Gasteiger partial charge < -0.3 is 47.9 Å². The fourth-order valence-corrected chi connectivity index (χ4v) is 12.4. The molecule has 2 N–H and O–H groups in total. The van der Waals surface area contributed by atoms with Crippen LogP contribution in [0.15, 0.2) is 245 Å². The first-order valence-corrected chi connectivity index (χ1v) is 33.2. The molecule has 0 radical (unpaired) electrons. The van der Waals surface area contributed by atoms with Crippen LogP contribution in [0.5, 0.6) is 92.0 Å². The summed E-state index contributed by atoms with van der Waals surface area (Å²) in [6.45, 7) is 0. The second-order valence-corrected chi connectivity index (χ2v) is 25.4. The molecule has 13 heterocycles. The van der Waals surface area contributed by atoms with Crippen molar-refractivity contribution in [3.05, 3.63) is 245 Å². The zero-order chi connectivity index (χ0) is 70.7. The molecule has 506 valence electrons. The van der Waals surface area contributed by atoms with Crippen molar-refractivity contribution in [1.82, 2.24) is 39.9 Å². The van der Waals surface area contributed by atoms with Gasteiger partial charge in [-0.2, -0.15) is 0 Å². The molecule has 0 spiro atoms. The van der Waals surface area contributed by atoms with Gasteiger partial charge >= 0.3 is 0 Å². The maximum atomic E-state index is 6.86. The van der Waals surface area contributed by atoms with Crippen LogP contribution in [-0.2, 0) is 56.4 Å². The predicted octanol–water partition coefficient (Wildman–Crippen LogP) is 11.8. The van der Waals surface area contributed by atoms with Gasteiger partial charge in [-0.15, -0.1) is 0 Å². The van der Waals surface area contributed by atoms with Crippen LogP contribution < -0.4 is 74.4 Å². The highest BCUT2D eigenvalue weighted by atomic mass is 16.5. The number of benzene rings is 4. The number of fused-ring (bicyclic) bond motifs is 20. The minimum absolute atomic E-state index is 0.264.